The Bertz CT molecular complexity index is 656. The third-order valence-electron chi connectivity index (χ3n) is 2.67. The van der Waals surface area contributed by atoms with Gasteiger partial charge in [0.05, 0.1) is 0 Å². The van der Waals surface area contributed by atoms with E-state index >= 15 is 0 Å². The molecule has 0 saturated heterocycles. The van der Waals surface area contributed by atoms with Crippen molar-refractivity contribution in [3.8, 4) is 0 Å². The number of aromatic nitrogens is 2. The van der Waals surface area contributed by atoms with Crippen molar-refractivity contribution < 1.29 is 8.42 Å². The number of nitrogens with one attached hydrogen (secondary N) is 2. The van der Waals surface area contributed by atoms with E-state index in [9.17, 15) is 8.42 Å². The summed E-state index contributed by atoms with van der Waals surface area (Å²) in [6.45, 7) is 3.94. The van der Waals surface area contributed by atoms with Crippen LogP contribution < -0.4 is 10.0 Å². The van der Waals surface area contributed by atoms with E-state index in [2.05, 4.69) is 26.9 Å². The Hall–Kier alpha value is -1.51. The third-order valence-corrected chi connectivity index (χ3v) is 5.63. The smallest absolute Gasteiger partial charge is 0.273 e. The van der Waals surface area contributed by atoms with Gasteiger partial charge in [-0.3, -0.25) is 0 Å². The number of thiophene rings is 1. The van der Waals surface area contributed by atoms with Crippen LogP contribution in [-0.2, 0) is 16.4 Å². The van der Waals surface area contributed by atoms with Crippen molar-refractivity contribution in [2.45, 2.75) is 24.0 Å². The molecular formula is C13H18N4O2S2. The van der Waals surface area contributed by atoms with Gasteiger partial charge in [-0.05, 0) is 44.1 Å². The van der Waals surface area contributed by atoms with Crippen LogP contribution in [0.15, 0.2) is 34.8 Å². The SMILES string of the molecule is CCCNCCc1ccc(S(=O)(=O)Nc2ncccn2)s1. The van der Waals surface area contributed by atoms with E-state index < -0.39 is 10.0 Å². The molecule has 0 aliphatic heterocycles. The van der Waals surface area contributed by atoms with E-state index in [0.717, 1.165) is 30.8 Å². The molecule has 0 atom stereocenters. The summed E-state index contributed by atoms with van der Waals surface area (Å²) in [7, 11) is -3.60. The number of hydrogen-bond acceptors (Lipinski definition) is 6. The van der Waals surface area contributed by atoms with Crippen molar-refractivity contribution in [1.82, 2.24) is 15.3 Å². The van der Waals surface area contributed by atoms with Crippen LogP contribution in [0.1, 0.15) is 18.2 Å². The maximum absolute atomic E-state index is 12.2. The van der Waals surface area contributed by atoms with Gasteiger partial charge in [-0.2, -0.15) is 0 Å². The molecule has 0 unspecified atom stereocenters. The summed E-state index contributed by atoms with van der Waals surface area (Å²) in [4.78, 5) is 8.75. The highest BCUT2D eigenvalue weighted by molar-refractivity contribution is 7.94. The molecule has 2 rings (SSSR count). The lowest BCUT2D eigenvalue weighted by Gasteiger charge is -2.03. The summed E-state index contributed by atoms with van der Waals surface area (Å²) < 4.78 is 27.0. The van der Waals surface area contributed by atoms with Gasteiger partial charge in [0.2, 0.25) is 5.95 Å². The first-order valence-corrected chi connectivity index (χ1v) is 9.01. The molecule has 0 aliphatic carbocycles. The molecule has 0 spiro atoms. The molecule has 0 radical (unpaired) electrons. The molecule has 114 valence electrons. The molecule has 0 amide bonds. The van der Waals surface area contributed by atoms with E-state index in [-0.39, 0.29) is 10.2 Å². The Morgan fingerprint density at radius 1 is 1.19 bits per heavy atom. The molecule has 2 aromatic heterocycles. The van der Waals surface area contributed by atoms with Gasteiger partial charge in [0.1, 0.15) is 4.21 Å². The maximum Gasteiger partial charge on any atom is 0.273 e. The zero-order valence-corrected chi connectivity index (χ0v) is 13.4. The lowest BCUT2D eigenvalue weighted by molar-refractivity contribution is 0.602. The van der Waals surface area contributed by atoms with Gasteiger partial charge in [0.15, 0.2) is 0 Å². The molecule has 0 saturated carbocycles. The second-order valence-corrected chi connectivity index (χ2v) is 7.48. The van der Waals surface area contributed by atoms with E-state index in [0.29, 0.717) is 0 Å². The van der Waals surface area contributed by atoms with Crippen molar-refractivity contribution >= 4 is 27.3 Å². The van der Waals surface area contributed by atoms with Crippen LogP contribution in [0.3, 0.4) is 0 Å². The molecule has 2 aromatic rings. The van der Waals surface area contributed by atoms with Crippen molar-refractivity contribution in [3.05, 3.63) is 35.5 Å². The van der Waals surface area contributed by atoms with Gasteiger partial charge in [-0.1, -0.05) is 6.92 Å². The minimum Gasteiger partial charge on any atom is -0.316 e. The van der Waals surface area contributed by atoms with Crippen molar-refractivity contribution in [2.24, 2.45) is 0 Å². The number of nitrogens with zero attached hydrogens (tertiary/aromatic N) is 2. The first-order chi connectivity index (χ1) is 10.1. The molecule has 21 heavy (non-hydrogen) atoms. The van der Waals surface area contributed by atoms with Gasteiger partial charge < -0.3 is 5.32 Å². The minimum absolute atomic E-state index is 0.0806. The van der Waals surface area contributed by atoms with E-state index in [1.54, 1.807) is 12.1 Å². The summed E-state index contributed by atoms with van der Waals surface area (Å²) in [6.07, 6.45) is 4.89. The number of anilines is 1. The highest BCUT2D eigenvalue weighted by atomic mass is 32.2. The summed E-state index contributed by atoms with van der Waals surface area (Å²) in [5.41, 5.74) is 0. The van der Waals surface area contributed by atoms with Crippen LogP contribution >= 0.6 is 11.3 Å². The zero-order chi connectivity index (χ0) is 15.1. The van der Waals surface area contributed by atoms with Crippen molar-refractivity contribution in [1.29, 1.82) is 0 Å². The van der Waals surface area contributed by atoms with Gasteiger partial charge in [-0.15, -0.1) is 11.3 Å². The molecule has 0 fully saturated rings. The average Bonchev–Trinajstić information content (AvgIpc) is 2.94. The van der Waals surface area contributed by atoms with Gasteiger partial charge >= 0.3 is 0 Å². The van der Waals surface area contributed by atoms with Crippen LogP contribution in [0, 0.1) is 0 Å². The second kappa shape index (κ2) is 7.48. The Morgan fingerprint density at radius 2 is 1.95 bits per heavy atom. The maximum atomic E-state index is 12.2. The fourth-order valence-corrected chi connectivity index (χ4v) is 3.99. The van der Waals surface area contributed by atoms with Crippen molar-refractivity contribution in [3.63, 3.8) is 0 Å². The normalized spacial score (nSPS) is 11.5. The van der Waals surface area contributed by atoms with Gasteiger partial charge in [0, 0.05) is 17.3 Å². The molecule has 6 nitrogen and oxygen atoms in total. The Labute approximate surface area is 128 Å². The number of sulfonamides is 1. The quantitative estimate of drug-likeness (QED) is 0.724. The Morgan fingerprint density at radius 3 is 2.67 bits per heavy atom. The van der Waals surface area contributed by atoms with Crippen LogP contribution in [0.25, 0.3) is 0 Å². The first-order valence-electron chi connectivity index (χ1n) is 6.71. The van der Waals surface area contributed by atoms with Crippen LogP contribution in [0.5, 0.6) is 0 Å². The highest BCUT2D eigenvalue weighted by Crippen LogP contribution is 2.23. The summed E-state index contributed by atoms with van der Waals surface area (Å²) in [5, 5.41) is 3.29. The summed E-state index contributed by atoms with van der Waals surface area (Å²) in [6, 6.07) is 5.09. The number of hydrogen-bond donors (Lipinski definition) is 2. The van der Waals surface area contributed by atoms with Crippen molar-refractivity contribution in [2.75, 3.05) is 17.8 Å². The van der Waals surface area contributed by atoms with Gasteiger partial charge in [-0.25, -0.2) is 23.1 Å². The molecule has 0 aromatic carbocycles. The Balaban J connectivity index is 1.99. The van der Waals surface area contributed by atoms with E-state index in [1.807, 2.05) is 6.07 Å². The fraction of sp³-hybridized carbons (Fsp3) is 0.385. The summed E-state index contributed by atoms with van der Waals surface area (Å²) in [5.74, 6) is 0.0806. The van der Waals surface area contributed by atoms with E-state index in [1.165, 1.54) is 23.7 Å². The second-order valence-electron chi connectivity index (χ2n) is 4.40. The zero-order valence-electron chi connectivity index (χ0n) is 11.7. The topological polar surface area (TPSA) is 84.0 Å². The third kappa shape index (κ3) is 4.76. The standard InChI is InChI=1S/C13H18N4O2S2/c1-2-7-14-10-6-11-4-5-12(20-11)21(18,19)17-13-15-8-3-9-16-13/h3-5,8-9,14H,2,6-7,10H2,1H3,(H,15,16,17). The molecule has 2 heterocycles. The molecule has 0 aliphatic rings. The monoisotopic (exact) mass is 326 g/mol. The van der Waals surface area contributed by atoms with Crippen LogP contribution in [-0.4, -0.2) is 31.5 Å². The largest absolute Gasteiger partial charge is 0.316 e. The number of rotatable bonds is 8. The Kier molecular flexibility index (Phi) is 5.66. The highest BCUT2D eigenvalue weighted by Gasteiger charge is 2.17. The molecular weight excluding hydrogens is 308 g/mol. The fourth-order valence-electron chi connectivity index (χ4n) is 1.67. The van der Waals surface area contributed by atoms with Crippen LogP contribution in [0.2, 0.25) is 0 Å². The first kappa shape index (κ1) is 15.9. The van der Waals surface area contributed by atoms with E-state index in [4.69, 9.17) is 0 Å². The summed E-state index contributed by atoms with van der Waals surface area (Å²) >= 11 is 1.27. The lowest BCUT2D eigenvalue weighted by atomic mass is 10.3. The molecule has 0 bridgehead atoms. The molecule has 2 N–H and O–H groups in total. The average molecular weight is 326 g/mol. The lowest BCUT2D eigenvalue weighted by Crippen LogP contribution is -2.17. The predicted octanol–water partition coefficient (Wildman–Crippen LogP) is 1.88. The minimum atomic E-state index is -3.60. The molecule has 8 heteroatoms. The van der Waals surface area contributed by atoms with Gasteiger partial charge in [0.25, 0.3) is 10.0 Å². The predicted molar refractivity (Wildman–Crippen MR) is 84.0 cm³/mol. The van der Waals surface area contributed by atoms with Crippen LogP contribution in [0.4, 0.5) is 5.95 Å².